The molecule has 6 rings (SSSR count). The van der Waals surface area contributed by atoms with Gasteiger partial charge in [0.2, 0.25) is 23.6 Å². The van der Waals surface area contributed by atoms with E-state index in [9.17, 15) is 9.59 Å². The molecule has 0 bridgehead atoms. The van der Waals surface area contributed by atoms with Crippen molar-refractivity contribution in [1.29, 1.82) is 0 Å². The van der Waals surface area contributed by atoms with E-state index in [2.05, 4.69) is 37.1 Å². The summed E-state index contributed by atoms with van der Waals surface area (Å²) in [5.74, 6) is 1.39. The van der Waals surface area contributed by atoms with Gasteiger partial charge < -0.3 is 35.1 Å². The largest absolute Gasteiger partial charge is 0.475 e. The Balaban J connectivity index is 1.27. The maximum Gasteiger partial charge on any atom is 0.246 e. The lowest BCUT2D eigenvalue weighted by molar-refractivity contribution is -0.129. The number of aromatic amines is 1. The van der Waals surface area contributed by atoms with Crippen molar-refractivity contribution in [3.05, 3.63) is 55.5 Å². The van der Waals surface area contributed by atoms with Gasteiger partial charge in [0.25, 0.3) is 0 Å². The molecule has 13 heteroatoms. The van der Waals surface area contributed by atoms with E-state index in [4.69, 9.17) is 14.7 Å². The molecule has 228 valence electrons. The van der Waals surface area contributed by atoms with Crippen LogP contribution in [0.1, 0.15) is 19.8 Å². The summed E-state index contributed by atoms with van der Waals surface area (Å²) in [4.78, 5) is 51.8. The molecule has 2 fully saturated rings. The molecule has 1 aromatic carbocycles. The van der Waals surface area contributed by atoms with Crippen molar-refractivity contribution in [3.63, 3.8) is 0 Å². The van der Waals surface area contributed by atoms with Gasteiger partial charge in [-0.25, -0.2) is 4.98 Å². The van der Waals surface area contributed by atoms with Crippen LogP contribution in [0.4, 0.5) is 23.1 Å². The minimum Gasteiger partial charge on any atom is -0.475 e. The molecular formula is C31H36N10O3. The average Bonchev–Trinajstić information content (AvgIpc) is 3.71. The van der Waals surface area contributed by atoms with Gasteiger partial charge in [0.1, 0.15) is 18.1 Å². The minimum atomic E-state index is -0.100. The van der Waals surface area contributed by atoms with Gasteiger partial charge in [-0.05, 0) is 43.2 Å². The zero-order valence-electron chi connectivity index (χ0n) is 24.9. The van der Waals surface area contributed by atoms with E-state index in [1.54, 1.807) is 31.3 Å². The van der Waals surface area contributed by atoms with E-state index < -0.39 is 0 Å². The Hall–Kier alpha value is -5.20. The van der Waals surface area contributed by atoms with Crippen LogP contribution in [-0.4, -0.2) is 99.0 Å². The lowest BCUT2D eigenvalue weighted by atomic mass is 10.2. The number of anilines is 4. The van der Waals surface area contributed by atoms with Crippen molar-refractivity contribution >= 4 is 46.0 Å². The standard InChI is InChI=1S/C31H36N10O3/c1-4-27(43)41-11-5-6-23(41)19-44-30-28-24(25-17-33-18-26(32-3)36-25)16-34-29(28)37-31(38-30)35-21-7-9-22(10-8-21)40-14-12-39(13-15-40)20(2)42/h4,7-10,16-18,23H,1,5-6,11-15,19H2,2-3H3,(H,32,36)(H2,34,35,37,38)/t23-/m1/s1. The van der Waals surface area contributed by atoms with Crippen molar-refractivity contribution in [3.8, 4) is 17.1 Å². The van der Waals surface area contributed by atoms with Crippen LogP contribution in [0.3, 0.4) is 0 Å². The Bertz CT molecular complexity index is 1660. The van der Waals surface area contributed by atoms with Crippen LogP contribution < -0.4 is 20.3 Å². The summed E-state index contributed by atoms with van der Waals surface area (Å²) in [6, 6.07) is 7.98. The SMILES string of the molecule is C=CC(=O)N1CCC[C@@H]1COc1nc(Nc2ccc(N3CCN(C(C)=O)CC3)cc2)nc2[nH]cc(-c3cncc(NC)n3)c12. The van der Waals surface area contributed by atoms with Gasteiger partial charge in [0, 0.05) is 69.8 Å². The third kappa shape index (κ3) is 5.98. The van der Waals surface area contributed by atoms with Gasteiger partial charge in [0.05, 0.1) is 29.5 Å². The number of nitrogens with one attached hydrogen (secondary N) is 3. The van der Waals surface area contributed by atoms with Crippen molar-refractivity contribution in [1.82, 2.24) is 34.7 Å². The van der Waals surface area contributed by atoms with Gasteiger partial charge in [-0.1, -0.05) is 6.58 Å². The molecule has 2 aliphatic rings. The Labute approximate surface area is 255 Å². The topological polar surface area (TPSA) is 144 Å². The highest BCUT2D eigenvalue weighted by atomic mass is 16.5. The lowest BCUT2D eigenvalue weighted by Crippen LogP contribution is -2.48. The maximum absolute atomic E-state index is 12.4. The van der Waals surface area contributed by atoms with Gasteiger partial charge in [-0.3, -0.25) is 14.6 Å². The highest BCUT2D eigenvalue weighted by Crippen LogP contribution is 2.35. The average molecular weight is 597 g/mol. The van der Waals surface area contributed by atoms with Crippen LogP contribution in [0.25, 0.3) is 22.3 Å². The number of ether oxygens (including phenoxy) is 1. The summed E-state index contributed by atoms with van der Waals surface area (Å²) in [6.45, 7) is 9.23. The number of nitrogens with zero attached hydrogens (tertiary/aromatic N) is 7. The quantitative estimate of drug-likeness (QED) is 0.246. The first-order valence-electron chi connectivity index (χ1n) is 14.8. The number of hydrogen-bond donors (Lipinski definition) is 3. The summed E-state index contributed by atoms with van der Waals surface area (Å²) >= 11 is 0. The zero-order valence-corrected chi connectivity index (χ0v) is 24.9. The second-order valence-electron chi connectivity index (χ2n) is 10.8. The first-order chi connectivity index (χ1) is 21.4. The zero-order chi connectivity index (χ0) is 30.6. The second-order valence-corrected chi connectivity index (χ2v) is 10.8. The third-order valence-corrected chi connectivity index (χ3v) is 8.13. The molecule has 0 unspecified atom stereocenters. The number of amides is 2. The number of H-pyrrole nitrogens is 1. The number of rotatable bonds is 9. The number of carbonyl (C=O) groups excluding carboxylic acids is 2. The molecule has 0 spiro atoms. The molecule has 2 amide bonds. The normalized spacial score (nSPS) is 16.7. The van der Waals surface area contributed by atoms with Gasteiger partial charge in [-0.15, -0.1) is 0 Å². The van der Waals surface area contributed by atoms with Gasteiger partial charge >= 0.3 is 0 Å². The molecule has 3 aromatic heterocycles. The second kappa shape index (κ2) is 12.6. The van der Waals surface area contributed by atoms with Crippen LogP contribution in [0.5, 0.6) is 5.88 Å². The van der Waals surface area contributed by atoms with E-state index in [1.807, 2.05) is 35.4 Å². The monoisotopic (exact) mass is 596 g/mol. The number of aromatic nitrogens is 5. The van der Waals surface area contributed by atoms with Crippen molar-refractivity contribution in [2.24, 2.45) is 0 Å². The highest BCUT2D eigenvalue weighted by Gasteiger charge is 2.29. The molecule has 2 saturated heterocycles. The van der Waals surface area contributed by atoms with Crippen LogP contribution in [0, 0.1) is 0 Å². The number of carbonyl (C=O) groups is 2. The van der Waals surface area contributed by atoms with Crippen LogP contribution in [0.2, 0.25) is 0 Å². The summed E-state index contributed by atoms with van der Waals surface area (Å²) in [7, 11) is 1.79. The van der Waals surface area contributed by atoms with Crippen LogP contribution in [-0.2, 0) is 9.59 Å². The Kier molecular flexibility index (Phi) is 8.26. The van der Waals surface area contributed by atoms with E-state index >= 15 is 0 Å². The number of fused-ring (bicyclic) bond motifs is 1. The highest BCUT2D eigenvalue weighted by molar-refractivity contribution is 5.97. The molecule has 2 aliphatic heterocycles. The summed E-state index contributed by atoms with van der Waals surface area (Å²) < 4.78 is 6.37. The van der Waals surface area contributed by atoms with E-state index in [-0.39, 0.29) is 24.5 Å². The molecule has 1 atom stereocenters. The van der Waals surface area contributed by atoms with Crippen LogP contribution in [0.15, 0.2) is 55.5 Å². The maximum atomic E-state index is 12.4. The van der Waals surface area contributed by atoms with Crippen molar-refractivity contribution in [2.75, 3.05) is 61.9 Å². The van der Waals surface area contributed by atoms with Crippen LogP contribution >= 0.6 is 0 Å². The van der Waals surface area contributed by atoms with Gasteiger partial charge in [-0.2, -0.15) is 9.97 Å². The smallest absolute Gasteiger partial charge is 0.246 e. The number of benzene rings is 1. The molecule has 5 heterocycles. The summed E-state index contributed by atoms with van der Waals surface area (Å²) in [5.41, 5.74) is 3.88. The molecule has 44 heavy (non-hydrogen) atoms. The summed E-state index contributed by atoms with van der Waals surface area (Å²) in [5, 5.41) is 7.01. The minimum absolute atomic E-state index is 0.0819. The fraction of sp³-hybridized carbons (Fsp3) is 0.355. The third-order valence-electron chi connectivity index (χ3n) is 8.13. The Morgan fingerprint density at radius 3 is 2.61 bits per heavy atom. The van der Waals surface area contributed by atoms with Gasteiger partial charge in [0.15, 0.2) is 0 Å². The molecule has 3 N–H and O–H groups in total. The molecule has 13 nitrogen and oxygen atoms in total. The van der Waals surface area contributed by atoms with E-state index in [0.717, 1.165) is 56.0 Å². The first-order valence-corrected chi connectivity index (χ1v) is 14.8. The predicted octanol–water partition coefficient (Wildman–Crippen LogP) is 3.42. The molecule has 0 aliphatic carbocycles. The lowest BCUT2D eigenvalue weighted by Gasteiger charge is -2.35. The Morgan fingerprint density at radius 1 is 1.09 bits per heavy atom. The predicted molar refractivity (Wildman–Crippen MR) is 169 cm³/mol. The Morgan fingerprint density at radius 2 is 1.89 bits per heavy atom. The number of likely N-dealkylation sites (tertiary alicyclic amines) is 1. The fourth-order valence-electron chi connectivity index (χ4n) is 5.73. The van der Waals surface area contributed by atoms with Crippen molar-refractivity contribution in [2.45, 2.75) is 25.8 Å². The van der Waals surface area contributed by atoms with E-state index in [0.29, 0.717) is 40.9 Å². The molecule has 0 saturated carbocycles. The van der Waals surface area contributed by atoms with Crippen molar-refractivity contribution < 1.29 is 14.3 Å². The number of hydrogen-bond acceptors (Lipinski definition) is 10. The molecule has 4 aromatic rings. The summed E-state index contributed by atoms with van der Waals surface area (Å²) in [6.07, 6.45) is 8.25. The molecular weight excluding hydrogens is 560 g/mol. The van der Waals surface area contributed by atoms with E-state index in [1.165, 1.54) is 6.08 Å². The number of piperazine rings is 1. The molecule has 0 radical (unpaired) electrons. The first kappa shape index (κ1) is 28.9. The fourth-order valence-corrected chi connectivity index (χ4v) is 5.73.